The molecule has 2 aromatic rings. The normalized spacial score (nSPS) is 21.4. The van der Waals surface area contributed by atoms with E-state index in [2.05, 4.69) is 43.6 Å². The molecule has 164 valence electrons. The molecule has 30 heavy (non-hydrogen) atoms. The van der Waals surface area contributed by atoms with Crippen LogP contribution in [0.2, 0.25) is 0 Å². The van der Waals surface area contributed by atoms with Crippen LogP contribution in [-0.2, 0) is 17.8 Å². The van der Waals surface area contributed by atoms with Crippen LogP contribution in [0.4, 0.5) is 0 Å². The van der Waals surface area contributed by atoms with Crippen molar-refractivity contribution >= 4 is 0 Å². The van der Waals surface area contributed by atoms with E-state index in [0.717, 1.165) is 64.5 Å². The maximum Gasteiger partial charge on any atom is 0.123 e. The molecule has 0 spiro atoms. The SMILES string of the molecule is c1ccc(OCCCn2ccnc2)c(CN2CCCOC(CN3CCCCC3)C2)c1. The highest BCUT2D eigenvalue weighted by Crippen LogP contribution is 2.22. The summed E-state index contributed by atoms with van der Waals surface area (Å²) >= 11 is 0. The number of para-hydroxylation sites is 1. The van der Waals surface area contributed by atoms with Crippen molar-refractivity contribution in [2.24, 2.45) is 0 Å². The Kier molecular flexibility index (Phi) is 8.17. The van der Waals surface area contributed by atoms with Crippen LogP contribution in [0.5, 0.6) is 5.75 Å². The third kappa shape index (κ3) is 6.56. The molecule has 0 amide bonds. The summed E-state index contributed by atoms with van der Waals surface area (Å²) in [5, 5.41) is 0. The predicted molar refractivity (Wildman–Crippen MR) is 119 cm³/mol. The van der Waals surface area contributed by atoms with Crippen molar-refractivity contribution in [3.05, 3.63) is 48.5 Å². The Balaban J connectivity index is 1.28. The number of nitrogens with zero attached hydrogens (tertiary/aromatic N) is 4. The second kappa shape index (κ2) is 11.5. The standard InChI is InChI=1S/C24H36N4O2/c1-4-11-26(12-5-1)19-23-20-28(14-7-16-29-23)18-22-8-2-3-9-24(22)30-17-6-13-27-15-10-25-21-27/h2-3,8-10,15,21,23H,1,4-7,11-14,16-20H2. The third-order valence-electron chi connectivity index (χ3n) is 6.09. The van der Waals surface area contributed by atoms with E-state index < -0.39 is 0 Å². The summed E-state index contributed by atoms with van der Waals surface area (Å²) in [4.78, 5) is 9.24. The number of benzene rings is 1. The highest BCUT2D eigenvalue weighted by molar-refractivity contribution is 5.33. The number of hydrogen-bond acceptors (Lipinski definition) is 5. The van der Waals surface area contributed by atoms with Gasteiger partial charge >= 0.3 is 0 Å². The van der Waals surface area contributed by atoms with E-state index in [1.165, 1.54) is 37.9 Å². The van der Waals surface area contributed by atoms with Gasteiger partial charge in [0.2, 0.25) is 0 Å². The smallest absolute Gasteiger partial charge is 0.123 e. The fourth-order valence-electron chi connectivity index (χ4n) is 4.52. The first-order valence-electron chi connectivity index (χ1n) is 11.6. The van der Waals surface area contributed by atoms with Crippen LogP contribution in [-0.4, -0.2) is 71.4 Å². The number of hydrogen-bond donors (Lipinski definition) is 0. The van der Waals surface area contributed by atoms with E-state index in [0.29, 0.717) is 6.10 Å². The lowest BCUT2D eigenvalue weighted by molar-refractivity contribution is 0.0216. The monoisotopic (exact) mass is 412 g/mol. The molecule has 0 aliphatic carbocycles. The van der Waals surface area contributed by atoms with E-state index in [4.69, 9.17) is 9.47 Å². The molecular weight excluding hydrogens is 376 g/mol. The minimum Gasteiger partial charge on any atom is -0.493 e. The minimum absolute atomic E-state index is 0.314. The van der Waals surface area contributed by atoms with Gasteiger partial charge in [-0.05, 0) is 44.8 Å². The number of ether oxygens (including phenoxy) is 2. The van der Waals surface area contributed by atoms with Crippen LogP contribution >= 0.6 is 0 Å². The minimum atomic E-state index is 0.314. The Morgan fingerprint density at radius 3 is 2.77 bits per heavy atom. The van der Waals surface area contributed by atoms with Crippen molar-refractivity contribution in [1.29, 1.82) is 0 Å². The fraction of sp³-hybridized carbons (Fsp3) is 0.625. The van der Waals surface area contributed by atoms with Gasteiger partial charge in [0.1, 0.15) is 5.75 Å². The summed E-state index contributed by atoms with van der Waals surface area (Å²) in [5.41, 5.74) is 1.28. The number of piperidine rings is 1. The molecule has 2 fully saturated rings. The van der Waals surface area contributed by atoms with Gasteiger partial charge < -0.3 is 18.9 Å². The van der Waals surface area contributed by atoms with Gasteiger partial charge in [-0.2, -0.15) is 0 Å². The Labute approximate surface area is 180 Å². The quantitative estimate of drug-likeness (QED) is 0.591. The fourth-order valence-corrected chi connectivity index (χ4v) is 4.52. The molecular formula is C24H36N4O2. The molecule has 0 radical (unpaired) electrons. The number of rotatable bonds is 9. The highest BCUT2D eigenvalue weighted by Gasteiger charge is 2.23. The van der Waals surface area contributed by atoms with E-state index in [9.17, 15) is 0 Å². The number of aryl methyl sites for hydroxylation is 1. The first-order valence-corrected chi connectivity index (χ1v) is 11.6. The Hall–Kier alpha value is -1.89. The maximum absolute atomic E-state index is 6.20. The highest BCUT2D eigenvalue weighted by atomic mass is 16.5. The molecule has 6 nitrogen and oxygen atoms in total. The molecule has 2 aliphatic heterocycles. The van der Waals surface area contributed by atoms with Gasteiger partial charge in [-0.3, -0.25) is 4.90 Å². The van der Waals surface area contributed by atoms with Crippen molar-refractivity contribution in [2.45, 2.75) is 51.3 Å². The predicted octanol–water partition coefficient (Wildman–Crippen LogP) is 3.43. The van der Waals surface area contributed by atoms with Crippen molar-refractivity contribution in [1.82, 2.24) is 19.4 Å². The number of aromatic nitrogens is 2. The van der Waals surface area contributed by atoms with Crippen LogP contribution in [0.15, 0.2) is 43.0 Å². The molecule has 1 aromatic carbocycles. The van der Waals surface area contributed by atoms with Crippen molar-refractivity contribution in [3.63, 3.8) is 0 Å². The summed E-state index contributed by atoms with van der Waals surface area (Å²) in [6.07, 6.45) is 12.1. The molecule has 0 N–H and O–H groups in total. The summed E-state index contributed by atoms with van der Waals surface area (Å²) in [5.74, 6) is 1.01. The largest absolute Gasteiger partial charge is 0.493 e. The van der Waals surface area contributed by atoms with E-state index in [1.807, 2.05) is 18.7 Å². The molecule has 1 atom stereocenters. The van der Waals surface area contributed by atoms with Crippen LogP contribution in [0.25, 0.3) is 0 Å². The first-order chi connectivity index (χ1) is 14.9. The lowest BCUT2D eigenvalue weighted by atomic mass is 10.1. The van der Waals surface area contributed by atoms with Gasteiger partial charge in [-0.15, -0.1) is 0 Å². The molecule has 3 heterocycles. The topological polar surface area (TPSA) is 42.8 Å². The summed E-state index contributed by atoms with van der Waals surface area (Å²) in [6, 6.07) is 8.50. The zero-order chi connectivity index (χ0) is 20.4. The van der Waals surface area contributed by atoms with Crippen LogP contribution < -0.4 is 4.74 Å². The Morgan fingerprint density at radius 2 is 1.90 bits per heavy atom. The Bertz CT molecular complexity index is 731. The molecule has 0 saturated carbocycles. The lowest BCUT2D eigenvalue weighted by Crippen LogP contribution is -2.42. The molecule has 1 aromatic heterocycles. The van der Waals surface area contributed by atoms with Gasteiger partial charge in [-0.25, -0.2) is 4.98 Å². The van der Waals surface area contributed by atoms with Crippen molar-refractivity contribution in [3.8, 4) is 5.75 Å². The van der Waals surface area contributed by atoms with Gasteiger partial charge in [-0.1, -0.05) is 24.6 Å². The molecule has 2 aliphatic rings. The second-order valence-electron chi connectivity index (χ2n) is 8.55. The Morgan fingerprint density at radius 1 is 1.03 bits per heavy atom. The second-order valence-corrected chi connectivity index (χ2v) is 8.55. The number of imidazole rings is 1. The van der Waals surface area contributed by atoms with Gasteiger partial charge in [0.25, 0.3) is 0 Å². The molecule has 1 unspecified atom stereocenters. The third-order valence-corrected chi connectivity index (χ3v) is 6.09. The van der Waals surface area contributed by atoms with E-state index >= 15 is 0 Å². The zero-order valence-corrected chi connectivity index (χ0v) is 18.1. The summed E-state index contributed by atoms with van der Waals surface area (Å²) < 4.78 is 14.4. The van der Waals surface area contributed by atoms with E-state index in [-0.39, 0.29) is 0 Å². The maximum atomic E-state index is 6.20. The molecule has 2 saturated heterocycles. The number of likely N-dealkylation sites (tertiary alicyclic amines) is 1. The lowest BCUT2D eigenvalue weighted by Gasteiger charge is -2.31. The summed E-state index contributed by atoms with van der Waals surface area (Å²) in [7, 11) is 0. The zero-order valence-electron chi connectivity index (χ0n) is 18.1. The van der Waals surface area contributed by atoms with Crippen LogP contribution in [0.3, 0.4) is 0 Å². The van der Waals surface area contributed by atoms with Crippen molar-refractivity contribution < 1.29 is 9.47 Å². The van der Waals surface area contributed by atoms with E-state index in [1.54, 1.807) is 0 Å². The average Bonchev–Trinajstić information content (AvgIpc) is 3.20. The summed E-state index contributed by atoms with van der Waals surface area (Å²) in [6.45, 7) is 9.09. The van der Waals surface area contributed by atoms with Gasteiger partial charge in [0.05, 0.1) is 19.0 Å². The van der Waals surface area contributed by atoms with Gasteiger partial charge in [0.15, 0.2) is 0 Å². The molecule has 4 rings (SSSR count). The molecule has 0 bridgehead atoms. The van der Waals surface area contributed by atoms with Crippen LogP contribution in [0, 0.1) is 0 Å². The average molecular weight is 413 g/mol. The van der Waals surface area contributed by atoms with Crippen LogP contribution in [0.1, 0.15) is 37.7 Å². The molecule has 6 heteroatoms. The van der Waals surface area contributed by atoms with Crippen molar-refractivity contribution in [2.75, 3.05) is 45.9 Å². The first kappa shape index (κ1) is 21.3. The van der Waals surface area contributed by atoms with Gasteiger partial charge in [0, 0.05) is 57.3 Å².